The van der Waals surface area contributed by atoms with Crippen LogP contribution in [0.4, 0.5) is 19.0 Å². The standard InChI is InChI=1S/C13H8ClF3N2O/c14-10-6-9(13(15,16)17)7-18-11(10)19-12(20)8-4-2-1-3-5-8/h1-7H,(H,18,19,20)/p+1. The fourth-order valence-corrected chi connectivity index (χ4v) is 1.72. The first kappa shape index (κ1) is 14.3. The van der Waals surface area contributed by atoms with Crippen LogP contribution in [0.1, 0.15) is 15.9 Å². The van der Waals surface area contributed by atoms with Crippen LogP contribution in [0.2, 0.25) is 5.02 Å². The third-order valence-corrected chi connectivity index (χ3v) is 2.79. The number of rotatable bonds is 2. The number of amides is 1. The van der Waals surface area contributed by atoms with E-state index in [1.165, 1.54) is 0 Å². The van der Waals surface area contributed by atoms with Crippen LogP contribution in [0.3, 0.4) is 0 Å². The maximum Gasteiger partial charge on any atom is 0.419 e. The molecule has 0 aliphatic rings. The SMILES string of the molecule is O=C(Nc1[nH+]cc(C(F)(F)F)cc1Cl)c1ccccc1. The average Bonchev–Trinajstić information content (AvgIpc) is 2.41. The maximum absolute atomic E-state index is 12.5. The number of hydrogen-bond donors (Lipinski definition) is 1. The highest BCUT2D eigenvalue weighted by molar-refractivity contribution is 6.33. The number of pyridine rings is 1. The van der Waals surface area contributed by atoms with Crippen molar-refractivity contribution in [3.8, 4) is 0 Å². The number of hydrogen-bond acceptors (Lipinski definition) is 1. The van der Waals surface area contributed by atoms with Crippen molar-refractivity contribution in [1.82, 2.24) is 0 Å². The third kappa shape index (κ3) is 3.27. The first-order valence-electron chi connectivity index (χ1n) is 5.53. The van der Waals surface area contributed by atoms with E-state index in [0.717, 1.165) is 12.3 Å². The molecular formula is C13H9ClF3N2O+. The molecule has 1 aromatic heterocycles. The third-order valence-electron chi connectivity index (χ3n) is 2.49. The fraction of sp³-hybridized carbons (Fsp3) is 0.0769. The molecule has 0 spiro atoms. The van der Waals surface area contributed by atoms with E-state index >= 15 is 0 Å². The van der Waals surface area contributed by atoms with E-state index in [-0.39, 0.29) is 10.8 Å². The number of anilines is 1. The second-order valence-corrected chi connectivity index (χ2v) is 4.34. The van der Waals surface area contributed by atoms with Gasteiger partial charge in [0.25, 0.3) is 5.82 Å². The fourth-order valence-electron chi connectivity index (χ4n) is 1.50. The van der Waals surface area contributed by atoms with Crippen molar-refractivity contribution in [1.29, 1.82) is 0 Å². The largest absolute Gasteiger partial charge is 0.419 e. The number of halogens is 4. The molecule has 2 aromatic rings. The molecule has 0 radical (unpaired) electrons. The lowest BCUT2D eigenvalue weighted by molar-refractivity contribution is -0.364. The Kier molecular flexibility index (Phi) is 3.94. The minimum absolute atomic E-state index is 0.00789. The van der Waals surface area contributed by atoms with Crippen molar-refractivity contribution in [3.05, 3.63) is 58.7 Å². The van der Waals surface area contributed by atoms with Gasteiger partial charge in [0.1, 0.15) is 11.2 Å². The molecule has 0 aliphatic heterocycles. The quantitative estimate of drug-likeness (QED) is 0.907. The van der Waals surface area contributed by atoms with Crippen molar-refractivity contribution in [3.63, 3.8) is 0 Å². The van der Waals surface area contributed by atoms with Crippen LogP contribution in [-0.4, -0.2) is 5.91 Å². The van der Waals surface area contributed by atoms with E-state index < -0.39 is 17.6 Å². The van der Waals surface area contributed by atoms with E-state index in [9.17, 15) is 18.0 Å². The molecule has 1 aromatic carbocycles. The van der Waals surface area contributed by atoms with Gasteiger partial charge in [0.15, 0.2) is 0 Å². The molecule has 0 aliphatic carbocycles. The maximum atomic E-state index is 12.5. The van der Waals surface area contributed by atoms with Crippen LogP contribution in [0, 0.1) is 0 Å². The summed E-state index contributed by atoms with van der Waals surface area (Å²) in [5.74, 6) is -0.461. The summed E-state index contributed by atoms with van der Waals surface area (Å²) in [6.45, 7) is 0. The molecule has 0 saturated heterocycles. The van der Waals surface area contributed by atoms with Gasteiger partial charge < -0.3 is 0 Å². The van der Waals surface area contributed by atoms with Gasteiger partial charge in [-0.2, -0.15) is 13.2 Å². The van der Waals surface area contributed by atoms with E-state index in [4.69, 9.17) is 11.6 Å². The van der Waals surface area contributed by atoms with Gasteiger partial charge in [0, 0.05) is 0 Å². The van der Waals surface area contributed by atoms with Gasteiger partial charge in [0.2, 0.25) is 0 Å². The molecule has 3 nitrogen and oxygen atoms in total. The number of carbonyl (C=O) groups excluding carboxylic acids is 1. The van der Waals surface area contributed by atoms with Crippen LogP contribution >= 0.6 is 11.6 Å². The second-order valence-electron chi connectivity index (χ2n) is 3.93. The molecule has 0 atom stereocenters. The summed E-state index contributed by atoms with van der Waals surface area (Å²) >= 11 is 5.72. The molecule has 7 heteroatoms. The Labute approximate surface area is 117 Å². The normalized spacial score (nSPS) is 11.2. The van der Waals surface area contributed by atoms with Gasteiger partial charge in [-0.1, -0.05) is 29.8 Å². The minimum Gasteiger partial charge on any atom is -0.245 e. The number of aromatic nitrogens is 1. The first-order valence-corrected chi connectivity index (χ1v) is 5.90. The molecule has 2 N–H and O–H groups in total. The topological polar surface area (TPSA) is 43.2 Å². The van der Waals surface area contributed by atoms with Gasteiger partial charge in [0.05, 0.1) is 11.1 Å². The van der Waals surface area contributed by atoms with Gasteiger partial charge in [-0.25, -0.2) is 15.1 Å². The van der Waals surface area contributed by atoms with Crippen LogP contribution in [0.25, 0.3) is 0 Å². The van der Waals surface area contributed by atoms with Crippen molar-refractivity contribution in [2.75, 3.05) is 5.32 Å². The number of H-pyrrole nitrogens is 1. The Bertz CT molecular complexity index is 629. The minimum atomic E-state index is -4.50. The number of carbonyl (C=O) groups is 1. The average molecular weight is 302 g/mol. The Balaban J connectivity index is 2.21. The van der Waals surface area contributed by atoms with Gasteiger partial charge >= 0.3 is 12.1 Å². The molecule has 20 heavy (non-hydrogen) atoms. The number of alkyl halides is 3. The molecule has 0 saturated carbocycles. The molecule has 0 bridgehead atoms. The Morgan fingerprint density at radius 1 is 1.20 bits per heavy atom. The summed E-state index contributed by atoms with van der Waals surface area (Å²) in [4.78, 5) is 14.2. The van der Waals surface area contributed by atoms with E-state index in [0.29, 0.717) is 5.56 Å². The highest BCUT2D eigenvalue weighted by atomic mass is 35.5. The summed E-state index contributed by atoms with van der Waals surface area (Å²) < 4.78 is 37.4. The van der Waals surface area contributed by atoms with E-state index in [2.05, 4.69) is 10.3 Å². The highest BCUT2D eigenvalue weighted by Gasteiger charge is 2.33. The van der Waals surface area contributed by atoms with Crippen molar-refractivity contribution in [2.24, 2.45) is 0 Å². The predicted molar refractivity (Wildman–Crippen MR) is 67.4 cm³/mol. The lowest BCUT2D eigenvalue weighted by Crippen LogP contribution is -2.21. The Morgan fingerprint density at radius 3 is 2.40 bits per heavy atom. The smallest absolute Gasteiger partial charge is 0.245 e. The number of benzene rings is 1. The van der Waals surface area contributed by atoms with E-state index in [1.807, 2.05) is 0 Å². The lowest BCUT2D eigenvalue weighted by atomic mass is 10.2. The lowest BCUT2D eigenvalue weighted by Gasteiger charge is -2.06. The van der Waals surface area contributed by atoms with E-state index in [1.54, 1.807) is 30.3 Å². The molecule has 1 heterocycles. The number of aromatic amines is 1. The first-order chi connectivity index (χ1) is 9.38. The van der Waals surface area contributed by atoms with Crippen molar-refractivity contribution in [2.45, 2.75) is 6.18 Å². The van der Waals surface area contributed by atoms with Crippen LogP contribution in [0.5, 0.6) is 0 Å². The molecule has 1 amide bonds. The second kappa shape index (κ2) is 5.50. The summed E-state index contributed by atoms with van der Waals surface area (Å²) in [6, 6.07) is 8.99. The van der Waals surface area contributed by atoms with Crippen LogP contribution in [-0.2, 0) is 6.18 Å². The zero-order valence-corrected chi connectivity index (χ0v) is 10.7. The molecule has 104 valence electrons. The Morgan fingerprint density at radius 2 is 1.85 bits per heavy atom. The van der Waals surface area contributed by atoms with Gasteiger partial charge in [-0.15, -0.1) is 0 Å². The van der Waals surface area contributed by atoms with Crippen LogP contribution < -0.4 is 10.3 Å². The Hall–Kier alpha value is -2.08. The van der Waals surface area contributed by atoms with Crippen LogP contribution in [0.15, 0.2) is 42.6 Å². The van der Waals surface area contributed by atoms with Crippen molar-refractivity contribution < 1.29 is 22.9 Å². The zero-order chi connectivity index (χ0) is 14.8. The number of nitrogens with one attached hydrogen (secondary N) is 2. The van der Waals surface area contributed by atoms with Crippen molar-refractivity contribution >= 4 is 23.3 Å². The van der Waals surface area contributed by atoms with Gasteiger partial charge in [-0.05, 0) is 18.2 Å². The molecule has 2 rings (SSSR count). The monoisotopic (exact) mass is 301 g/mol. The summed E-state index contributed by atoms with van der Waals surface area (Å²) in [5.41, 5.74) is -0.544. The highest BCUT2D eigenvalue weighted by Crippen LogP contribution is 2.31. The zero-order valence-electron chi connectivity index (χ0n) is 9.96. The van der Waals surface area contributed by atoms with Gasteiger partial charge in [-0.3, -0.25) is 0 Å². The summed E-state index contributed by atoms with van der Waals surface area (Å²) in [5, 5.41) is 2.19. The molecule has 0 unspecified atom stereocenters. The predicted octanol–water partition coefficient (Wildman–Crippen LogP) is 3.43. The summed E-state index contributed by atoms with van der Waals surface area (Å²) in [7, 11) is 0. The summed E-state index contributed by atoms with van der Waals surface area (Å²) in [6.07, 6.45) is -3.76. The molecule has 0 fully saturated rings. The molecular weight excluding hydrogens is 293 g/mol.